The first-order valence-electron chi connectivity index (χ1n) is 13.6. The molecule has 0 fully saturated rings. The number of carbonyl (C=O) groups excluding carboxylic acids is 1. The zero-order valence-electron chi connectivity index (χ0n) is 23.5. The summed E-state index contributed by atoms with van der Waals surface area (Å²) in [5.74, 6) is 2.40. The lowest BCUT2D eigenvalue weighted by atomic mass is 9.95. The molecule has 0 spiro atoms. The number of aromatic nitrogens is 3. The van der Waals surface area contributed by atoms with E-state index >= 15 is 0 Å². The number of rotatable bonds is 13. The molecule has 1 aromatic heterocycles. The molecule has 0 aliphatic carbocycles. The molecule has 1 atom stereocenters. The predicted molar refractivity (Wildman–Crippen MR) is 154 cm³/mol. The van der Waals surface area contributed by atoms with E-state index in [4.69, 9.17) is 24.3 Å². The van der Waals surface area contributed by atoms with Crippen LogP contribution in [0.25, 0.3) is 0 Å². The standard InChI is InChI=1S/C30H38N4O4S/c1-6-9-15-37-28(35)26-21(5)31-29-32-30(39-16-7-2)33-34(29)27(26)23-13-14-24(25(18-23)36-8-3)38-19-22-12-10-11-20(4)17-22/h10-14,17-18,27H,6-9,15-16,19H2,1-5H3,(H,31,32,33). The molecule has 1 aliphatic heterocycles. The number of nitrogens with one attached hydrogen (secondary N) is 1. The molecule has 0 amide bonds. The van der Waals surface area contributed by atoms with E-state index in [-0.39, 0.29) is 5.97 Å². The average Bonchev–Trinajstić information content (AvgIpc) is 3.33. The summed E-state index contributed by atoms with van der Waals surface area (Å²) >= 11 is 1.60. The van der Waals surface area contributed by atoms with Gasteiger partial charge in [-0.1, -0.05) is 67.9 Å². The van der Waals surface area contributed by atoms with Gasteiger partial charge >= 0.3 is 5.97 Å². The van der Waals surface area contributed by atoms with Crippen LogP contribution in [0.2, 0.25) is 0 Å². The van der Waals surface area contributed by atoms with Gasteiger partial charge in [-0.2, -0.15) is 4.98 Å². The Bertz CT molecular complexity index is 1320. The van der Waals surface area contributed by atoms with Gasteiger partial charge in [0.15, 0.2) is 11.5 Å². The van der Waals surface area contributed by atoms with Crippen LogP contribution in [0.1, 0.15) is 69.7 Å². The number of allylic oxidation sites excluding steroid dienone is 1. The summed E-state index contributed by atoms with van der Waals surface area (Å²) in [6.45, 7) is 11.3. The quantitative estimate of drug-likeness (QED) is 0.143. The van der Waals surface area contributed by atoms with Crippen LogP contribution < -0.4 is 14.8 Å². The fraction of sp³-hybridized carbons (Fsp3) is 0.433. The van der Waals surface area contributed by atoms with Crippen molar-refractivity contribution in [2.24, 2.45) is 0 Å². The number of ether oxygens (including phenoxy) is 3. The lowest BCUT2D eigenvalue weighted by molar-refractivity contribution is -0.139. The first-order valence-corrected chi connectivity index (χ1v) is 14.6. The molecule has 39 heavy (non-hydrogen) atoms. The molecule has 2 aromatic carbocycles. The Morgan fingerprint density at radius 1 is 1.05 bits per heavy atom. The molecular formula is C30H38N4O4S. The van der Waals surface area contributed by atoms with Crippen LogP contribution in [0.3, 0.4) is 0 Å². The fourth-order valence-corrected chi connectivity index (χ4v) is 5.07. The zero-order valence-corrected chi connectivity index (χ0v) is 24.3. The monoisotopic (exact) mass is 550 g/mol. The largest absolute Gasteiger partial charge is 0.490 e. The Balaban J connectivity index is 1.71. The summed E-state index contributed by atoms with van der Waals surface area (Å²) in [6.07, 6.45) is 2.77. The molecule has 9 heteroatoms. The first kappa shape index (κ1) is 28.5. The van der Waals surface area contributed by atoms with Gasteiger partial charge in [0, 0.05) is 11.4 Å². The minimum Gasteiger partial charge on any atom is -0.490 e. The van der Waals surface area contributed by atoms with E-state index in [0.717, 1.165) is 36.1 Å². The van der Waals surface area contributed by atoms with Crippen LogP contribution in [0, 0.1) is 6.92 Å². The number of nitrogens with zero attached hydrogens (tertiary/aromatic N) is 3. The number of thioether (sulfide) groups is 1. The molecule has 0 saturated carbocycles. The number of benzene rings is 2. The molecule has 3 aromatic rings. The van der Waals surface area contributed by atoms with Crippen molar-refractivity contribution in [3.63, 3.8) is 0 Å². The second kappa shape index (κ2) is 13.6. The van der Waals surface area contributed by atoms with Crippen molar-refractivity contribution < 1.29 is 19.0 Å². The second-order valence-corrected chi connectivity index (χ2v) is 10.5. The first-order chi connectivity index (χ1) is 18.9. The van der Waals surface area contributed by atoms with Crippen LogP contribution in [0.4, 0.5) is 5.95 Å². The van der Waals surface area contributed by atoms with Gasteiger partial charge in [0.1, 0.15) is 12.6 Å². The van der Waals surface area contributed by atoms with Crippen molar-refractivity contribution in [1.82, 2.24) is 14.8 Å². The van der Waals surface area contributed by atoms with E-state index in [1.165, 1.54) is 5.56 Å². The van der Waals surface area contributed by atoms with Crippen molar-refractivity contribution in [2.75, 3.05) is 24.3 Å². The number of fused-ring (bicyclic) bond motifs is 1. The number of aryl methyl sites for hydroxylation is 1. The third-order valence-electron chi connectivity index (χ3n) is 6.28. The molecular weight excluding hydrogens is 512 g/mol. The van der Waals surface area contributed by atoms with E-state index in [1.807, 2.05) is 44.2 Å². The number of hydrogen-bond donors (Lipinski definition) is 1. The maximum atomic E-state index is 13.4. The van der Waals surface area contributed by atoms with Gasteiger partial charge in [-0.3, -0.25) is 0 Å². The van der Waals surface area contributed by atoms with Gasteiger partial charge in [-0.25, -0.2) is 9.48 Å². The van der Waals surface area contributed by atoms with Crippen molar-refractivity contribution in [2.45, 2.75) is 71.7 Å². The number of esters is 1. The lowest BCUT2D eigenvalue weighted by Crippen LogP contribution is -2.30. The van der Waals surface area contributed by atoms with Crippen LogP contribution in [0.5, 0.6) is 11.5 Å². The summed E-state index contributed by atoms with van der Waals surface area (Å²) in [7, 11) is 0. The van der Waals surface area contributed by atoms with Gasteiger partial charge in [0.05, 0.1) is 18.8 Å². The molecule has 0 saturated heterocycles. The molecule has 4 rings (SSSR count). The molecule has 1 aliphatic rings. The number of carbonyl (C=O) groups is 1. The summed E-state index contributed by atoms with van der Waals surface area (Å²) in [6, 6.07) is 13.5. The molecule has 1 unspecified atom stereocenters. The van der Waals surface area contributed by atoms with Crippen LogP contribution in [-0.4, -0.2) is 39.7 Å². The minimum atomic E-state index is -0.524. The summed E-state index contributed by atoms with van der Waals surface area (Å²) < 4.78 is 19.6. The SMILES string of the molecule is CCCCOC(=O)C1=C(C)Nc2nc(SCCC)nn2C1c1ccc(OCc2cccc(C)c2)c(OCC)c1. The van der Waals surface area contributed by atoms with Gasteiger partial charge in [-0.15, -0.1) is 5.10 Å². The molecule has 0 bridgehead atoms. The molecule has 0 radical (unpaired) electrons. The topological polar surface area (TPSA) is 87.5 Å². The summed E-state index contributed by atoms with van der Waals surface area (Å²) in [5.41, 5.74) is 4.31. The highest BCUT2D eigenvalue weighted by Gasteiger charge is 2.35. The highest BCUT2D eigenvalue weighted by Crippen LogP contribution is 2.40. The van der Waals surface area contributed by atoms with Crippen LogP contribution in [0.15, 0.2) is 58.9 Å². The van der Waals surface area contributed by atoms with E-state index in [1.54, 1.807) is 16.4 Å². The predicted octanol–water partition coefficient (Wildman–Crippen LogP) is 6.70. The van der Waals surface area contributed by atoms with Crippen molar-refractivity contribution in [3.05, 3.63) is 70.4 Å². The molecule has 208 valence electrons. The number of hydrogen-bond acceptors (Lipinski definition) is 8. The number of unbranched alkanes of at least 4 members (excludes halogenated alkanes) is 1. The second-order valence-electron chi connectivity index (χ2n) is 9.48. The van der Waals surface area contributed by atoms with E-state index < -0.39 is 6.04 Å². The zero-order chi connectivity index (χ0) is 27.8. The van der Waals surface area contributed by atoms with Gasteiger partial charge in [-0.05, 0) is 56.9 Å². The Hall–Kier alpha value is -3.46. The molecule has 1 N–H and O–H groups in total. The van der Waals surface area contributed by atoms with Crippen LogP contribution in [-0.2, 0) is 16.1 Å². The van der Waals surface area contributed by atoms with Gasteiger partial charge in [0.2, 0.25) is 11.1 Å². The highest BCUT2D eigenvalue weighted by molar-refractivity contribution is 7.99. The average molecular weight is 551 g/mol. The van der Waals surface area contributed by atoms with Crippen molar-refractivity contribution >= 4 is 23.7 Å². The van der Waals surface area contributed by atoms with E-state index in [0.29, 0.717) is 53.7 Å². The minimum absolute atomic E-state index is 0.361. The summed E-state index contributed by atoms with van der Waals surface area (Å²) in [5, 5.41) is 8.72. The molecule has 2 heterocycles. The Kier molecular flexibility index (Phi) is 9.92. The van der Waals surface area contributed by atoms with E-state index in [9.17, 15) is 4.79 Å². The van der Waals surface area contributed by atoms with Crippen molar-refractivity contribution in [3.8, 4) is 11.5 Å². The maximum Gasteiger partial charge on any atom is 0.338 e. The summed E-state index contributed by atoms with van der Waals surface area (Å²) in [4.78, 5) is 18.1. The van der Waals surface area contributed by atoms with Gasteiger partial charge in [0.25, 0.3) is 0 Å². The van der Waals surface area contributed by atoms with E-state index in [2.05, 4.69) is 38.2 Å². The third kappa shape index (κ3) is 6.95. The van der Waals surface area contributed by atoms with Crippen molar-refractivity contribution in [1.29, 1.82) is 0 Å². The highest BCUT2D eigenvalue weighted by atomic mass is 32.2. The third-order valence-corrected chi connectivity index (χ3v) is 7.32. The smallest absolute Gasteiger partial charge is 0.338 e. The van der Waals surface area contributed by atoms with Crippen LogP contribution >= 0.6 is 11.8 Å². The Labute approximate surface area is 235 Å². The fourth-order valence-electron chi connectivity index (χ4n) is 4.39. The number of anilines is 1. The lowest BCUT2D eigenvalue weighted by Gasteiger charge is -2.28. The normalized spacial score (nSPS) is 14.5. The maximum absolute atomic E-state index is 13.4. The van der Waals surface area contributed by atoms with Gasteiger partial charge < -0.3 is 19.5 Å². The Morgan fingerprint density at radius 2 is 1.90 bits per heavy atom. The molecule has 8 nitrogen and oxygen atoms in total. The Morgan fingerprint density at radius 3 is 2.64 bits per heavy atom.